The van der Waals surface area contributed by atoms with Crippen molar-refractivity contribution in [2.45, 2.75) is 45.1 Å². The molecule has 0 radical (unpaired) electrons. The van der Waals surface area contributed by atoms with Gasteiger partial charge in [0.1, 0.15) is 0 Å². The van der Waals surface area contributed by atoms with Crippen molar-refractivity contribution in [3.63, 3.8) is 0 Å². The minimum atomic E-state index is -0.140. The molecule has 1 aromatic heterocycles. The third-order valence-electron chi connectivity index (χ3n) is 3.17. The molecular formula is C16H21NOS. The van der Waals surface area contributed by atoms with Crippen molar-refractivity contribution in [1.29, 1.82) is 0 Å². The maximum atomic E-state index is 9.69. The number of aliphatic hydroxyl groups is 1. The van der Waals surface area contributed by atoms with Crippen LogP contribution in [0.1, 0.15) is 37.6 Å². The summed E-state index contributed by atoms with van der Waals surface area (Å²) in [6, 6.07) is 10.3. The van der Waals surface area contributed by atoms with Crippen molar-refractivity contribution in [3.8, 4) is 11.3 Å². The molecule has 2 rings (SSSR count). The molecule has 0 aliphatic rings. The van der Waals surface area contributed by atoms with Crippen LogP contribution in [0.15, 0.2) is 35.7 Å². The third kappa shape index (κ3) is 4.44. The van der Waals surface area contributed by atoms with Crippen molar-refractivity contribution in [3.05, 3.63) is 40.7 Å². The van der Waals surface area contributed by atoms with Gasteiger partial charge in [0.15, 0.2) is 0 Å². The Bertz CT molecular complexity index is 481. The van der Waals surface area contributed by atoms with Gasteiger partial charge in [-0.15, -0.1) is 11.3 Å². The molecule has 1 heterocycles. The van der Waals surface area contributed by atoms with E-state index >= 15 is 0 Å². The summed E-state index contributed by atoms with van der Waals surface area (Å²) in [6.07, 6.45) is 4.69. The summed E-state index contributed by atoms with van der Waals surface area (Å²) in [6.45, 7) is 2.11. The second-order valence-electron chi connectivity index (χ2n) is 4.83. The minimum Gasteiger partial charge on any atom is -0.393 e. The van der Waals surface area contributed by atoms with Crippen LogP contribution in [0.5, 0.6) is 0 Å². The third-order valence-corrected chi connectivity index (χ3v) is 4.08. The first-order chi connectivity index (χ1) is 9.29. The number of benzene rings is 1. The highest BCUT2D eigenvalue weighted by molar-refractivity contribution is 7.09. The fraction of sp³-hybridized carbons (Fsp3) is 0.438. The number of hydrogen-bond donors (Lipinski definition) is 1. The van der Waals surface area contributed by atoms with Gasteiger partial charge in [-0.3, -0.25) is 0 Å². The fourth-order valence-corrected chi connectivity index (χ4v) is 2.98. The number of hydrogen-bond acceptors (Lipinski definition) is 3. The molecule has 0 amide bonds. The highest BCUT2D eigenvalue weighted by Crippen LogP contribution is 2.22. The predicted octanol–water partition coefficient (Wildman–Crippen LogP) is 4.29. The van der Waals surface area contributed by atoms with Crippen LogP contribution in [0.4, 0.5) is 0 Å². The zero-order chi connectivity index (χ0) is 13.5. The van der Waals surface area contributed by atoms with Crippen molar-refractivity contribution in [1.82, 2.24) is 4.98 Å². The van der Waals surface area contributed by atoms with Gasteiger partial charge in [-0.25, -0.2) is 4.98 Å². The largest absolute Gasteiger partial charge is 0.393 e. The van der Waals surface area contributed by atoms with Crippen LogP contribution >= 0.6 is 11.3 Å². The Hall–Kier alpha value is -1.19. The summed E-state index contributed by atoms with van der Waals surface area (Å²) in [5.74, 6) is 0. The van der Waals surface area contributed by atoms with Crippen LogP contribution in [0.3, 0.4) is 0 Å². The lowest BCUT2D eigenvalue weighted by atomic mass is 10.1. The molecule has 2 nitrogen and oxygen atoms in total. The zero-order valence-corrected chi connectivity index (χ0v) is 12.2. The van der Waals surface area contributed by atoms with Gasteiger partial charge in [0.05, 0.1) is 16.8 Å². The maximum absolute atomic E-state index is 9.69. The number of aryl methyl sites for hydroxylation is 1. The van der Waals surface area contributed by atoms with Gasteiger partial charge < -0.3 is 5.11 Å². The van der Waals surface area contributed by atoms with E-state index in [1.54, 1.807) is 11.3 Å². The second kappa shape index (κ2) is 7.41. The molecule has 102 valence electrons. The van der Waals surface area contributed by atoms with Crippen molar-refractivity contribution < 1.29 is 5.11 Å². The molecule has 0 fully saturated rings. The molecular weight excluding hydrogens is 254 g/mol. The summed E-state index contributed by atoms with van der Waals surface area (Å²) in [5, 5.41) is 13.0. The molecule has 19 heavy (non-hydrogen) atoms. The summed E-state index contributed by atoms with van der Waals surface area (Å²) < 4.78 is 0. The molecule has 0 spiro atoms. The van der Waals surface area contributed by atoms with Crippen LogP contribution in [0.25, 0.3) is 11.3 Å². The van der Waals surface area contributed by atoms with E-state index in [0.717, 1.165) is 37.8 Å². The minimum absolute atomic E-state index is 0.140. The van der Waals surface area contributed by atoms with Gasteiger partial charge in [-0.1, -0.05) is 43.7 Å². The molecule has 3 heteroatoms. The standard InChI is InChI=1S/C16H21NOS/c1-2-7-14(18)10-6-11-16-17-15(12-19-16)13-8-4-3-5-9-13/h3-5,8-9,12,14,18H,2,6-7,10-11H2,1H3. The normalized spacial score (nSPS) is 12.5. The number of rotatable bonds is 7. The van der Waals surface area contributed by atoms with Crippen LogP contribution in [-0.4, -0.2) is 16.2 Å². The van der Waals surface area contributed by atoms with Crippen molar-refractivity contribution in [2.24, 2.45) is 0 Å². The van der Waals surface area contributed by atoms with Gasteiger partial charge in [-0.2, -0.15) is 0 Å². The van der Waals surface area contributed by atoms with E-state index in [1.165, 1.54) is 10.6 Å². The molecule has 1 unspecified atom stereocenters. The number of thiazole rings is 1. The zero-order valence-electron chi connectivity index (χ0n) is 11.4. The molecule has 1 aromatic carbocycles. The van der Waals surface area contributed by atoms with Gasteiger partial charge in [0.2, 0.25) is 0 Å². The Balaban J connectivity index is 1.85. The van der Waals surface area contributed by atoms with Gasteiger partial charge in [0, 0.05) is 10.9 Å². The summed E-state index contributed by atoms with van der Waals surface area (Å²) in [7, 11) is 0. The van der Waals surface area contributed by atoms with E-state index in [9.17, 15) is 5.11 Å². The van der Waals surface area contributed by atoms with E-state index in [4.69, 9.17) is 0 Å². The highest BCUT2D eigenvalue weighted by Gasteiger charge is 2.06. The molecule has 2 aromatic rings. The first kappa shape index (κ1) is 14.2. The summed E-state index contributed by atoms with van der Waals surface area (Å²) in [4.78, 5) is 4.66. The van der Waals surface area contributed by atoms with E-state index in [2.05, 4.69) is 29.4 Å². The van der Waals surface area contributed by atoms with Crippen molar-refractivity contribution >= 4 is 11.3 Å². The number of aromatic nitrogens is 1. The predicted molar refractivity (Wildman–Crippen MR) is 81.4 cm³/mol. The lowest BCUT2D eigenvalue weighted by Crippen LogP contribution is -2.05. The SMILES string of the molecule is CCCC(O)CCCc1nc(-c2ccccc2)cs1. The molecule has 0 saturated heterocycles. The maximum Gasteiger partial charge on any atom is 0.0932 e. The van der Waals surface area contributed by atoms with Crippen LogP contribution in [0, 0.1) is 0 Å². The first-order valence-corrected chi connectivity index (χ1v) is 7.85. The molecule has 1 N–H and O–H groups in total. The molecule has 0 saturated carbocycles. The Morgan fingerprint density at radius 1 is 1.21 bits per heavy atom. The van der Waals surface area contributed by atoms with Crippen molar-refractivity contribution in [2.75, 3.05) is 0 Å². The lowest BCUT2D eigenvalue weighted by molar-refractivity contribution is 0.151. The van der Waals surface area contributed by atoms with Crippen LogP contribution < -0.4 is 0 Å². The Kier molecular flexibility index (Phi) is 5.55. The smallest absolute Gasteiger partial charge is 0.0932 e. The van der Waals surface area contributed by atoms with E-state index < -0.39 is 0 Å². The quantitative estimate of drug-likeness (QED) is 0.817. The van der Waals surface area contributed by atoms with E-state index in [1.807, 2.05) is 18.2 Å². The number of aliphatic hydroxyl groups excluding tert-OH is 1. The molecule has 0 bridgehead atoms. The monoisotopic (exact) mass is 275 g/mol. The topological polar surface area (TPSA) is 33.1 Å². The van der Waals surface area contributed by atoms with Gasteiger partial charge in [-0.05, 0) is 25.7 Å². The van der Waals surface area contributed by atoms with E-state index in [0.29, 0.717) is 0 Å². The Morgan fingerprint density at radius 2 is 2.00 bits per heavy atom. The van der Waals surface area contributed by atoms with E-state index in [-0.39, 0.29) is 6.10 Å². The highest BCUT2D eigenvalue weighted by atomic mass is 32.1. The Morgan fingerprint density at radius 3 is 2.74 bits per heavy atom. The van der Waals surface area contributed by atoms with Gasteiger partial charge >= 0.3 is 0 Å². The molecule has 1 atom stereocenters. The number of nitrogens with zero attached hydrogens (tertiary/aromatic N) is 1. The summed E-state index contributed by atoms with van der Waals surface area (Å²) in [5.41, 5.74) is 2.24. The molecule has 0 aliphatic carbocycles. The first-order valence-electron chi connectivity index (χ1n) is 6.97. The Labute approximate surface area is 119 Å². The average Bonchev–Trinajstić information content (AvgIpc) is 2.89. The summed E-state index contributed by atoms with van der Waals surface area (Å²) >= 11 is 1.72. The second-order valence-corrected chi connectivity index (χ2v) is 5.77. The average molecular weight is 275 g/mol. The fourth-order valence-electron chi connectivity index (χ4n) is 2.13. The molecule has 0 aliphatic heterocycles. The van der Waals surface area contributed by atoms with Crippen LogP contribution in [0.2, 0.25) is 0 Å². The van der Waals surface area contributed by atoms with Gasteiger partial charge in [0.25, 0.3) is 0 Å². The van der Waals surface area contributed by atoms with Crippen LogP contribution in [-0.2, 0) is 6.42 Å². The lowest BCUT2D eigenvalue weighted by Gasteiger charge is -2.07.